The number of hydrogen-bond acceptors (Lipinski definition) is 3. The number of fused-ring (bicyclic) bond motifs is 1. The summed E-state index contributed by atoms with van der Waals surface area (Å²) in [5.74, 6) is 0.559. The fourth-order valence-electron chi connectivity index (χ4n) is 2.10. The van der Waals surface area contributed by atoms with Gasteiger partial charge in [-0.3, -0.25) is 4.79 Å². The van der Waals surface area contributed by atoms with E-state index in [1.54, 1.807) is 17.4 Å². The Morgan fingerprint density at radius 3 is 2.62 bits per heavy atom. The Hall–Kier alpha value is -1.91. The van der Waals surface area contributed by atoms with Crippen LogP contribution in [0.5, 0.6) is 0 Å². The van der Waals surface area contributed by atoms with Crippen LogP contribution < -0.4 is 5.56 Å². The SMILES string of the molecule is Cc1sc2nc(/C=C/c3ccc(Cl)cc3)[nH]c(=O)c2c1C. The van der Waals surface area contributed by atoms with Gasteiger partial charge in [0.05, 0.1) is 5.39 Å². The molecular weight excluding hydrogens is 304 g/mol. The Morgan fingerprint density at radius 1 is 1.19 bits per heavy atom. The highest BCUT2D eigenvalue weighted by atomic mass is 35.5. The van der Waals surface area contributed by atoms with Gasteiger partial charge in [0.1, 0.15) is 10.7 Å². The number of benzene rings is 1. The van der Waals surface area contributed by atoms with E-state index in [4.69, 9.17) is 11.6 Å². The van der Waals surface area contributed by atoms with Crippen LogP contribution in [0.25, 0.3) is 22.4 Å². The molecule has 0 fully saturated rings. The maximum Gasteiger partial charge on any atom is 0.260 e. The minimum atomic E-state index is -0.0855. The molecule has 0 aliphatic carbocycles. The van der Waals surface area contributed by atoms with E-state index in [1.165, 1.54) is 0 Å². The first kappa shape index (κ1) is 14.0. The highest BCUT2D eigenvalue weighted by Crippen LogP contribution is 2.25. The predicted molar refractivity (Wildman–Crippen MR) is 90.1 cm³/mol. The molecular formula is C16H13ClN2OS. The maximum atomic E-state index is 12.1. The Bertz CT molecular complexity index is 891. The number of aromatic amines is 1. The fraction of sp³-hybridized carbons (Fsp3) is 0.125. The number of halogens is 1. The minimum absolute atomic E-state index is 0.0855. The first-order valence-corrected chi connectivity index (χ1v) is 7.68. The quantitative estimate of drug-likeness (QED) is 0.760. The molecule has 0 atom stereocenters. The minimum Gasteiger partial charge on any atom is -0.306 e. The van der Waals surface area contributed by atoms with Gasteiger partial charge >= 0.3 is 0 Å². The van der Waals surface area contributed by atoms with Crippen molar-refractivity contribution >= 4 is 45.3 Å². The Kier molecular flexibility index (Phi) is 3.66. The Morgan fingerprint density at radius 2 is 1.90 bits per heavy atom. The molecule has 1 aromatic carbocycles. The second-order valence-electron chi connectivity index (χ2n) is 4.80. The predicted octanol–water partition coefficient (Wildman–Crippen LogP) is 4.43. The number of H-pyrrole nitrogens is 1. The topological polar surface area (TPSA) is 45.8 Å². The van der Waals surface area contributed by atoms with Gasteiger partial charge in [0, 0.05) is 9.90 Å². The standard InChI is InChI=1S/C16H13ClN2OS/c1-9-10(2)21-16-14(9)15(20)18-13(19-16)8-5-11-3-6-12(17)7-4-11/h3-8H,1-2H3,(H,18,19,20)/b8-5+. The van der Waals surface area contributed by atoms with Crippen LogP contribution in [0.1, 0.15) is 21.8 Å². The van der Waals surface area contributed by atoms with Gasteiger partial charge in [-0.25, -0.2) is 4.98 Å². The number of aryl methyl sites for hydroxylation is 2. The van der Waals surface area contributed by atoms with Crippen LogP contribution in [-0.4, -0.2) is 9.97 Å². The van der Waals surface area contributed by atoms with Crippen molar-refractivity contribution in [2.75, 3.05) is 0 Å². The molecule has 0 unspecified atom stereocenters. The lowest BCUT2D eigenvalue weighted by atomic mass is 10.2. The molecule has 0 aliphatic heterocycles. The third-order valence-corrected chi connectivity index (χ3v) is 4.71. The van der Waals surface area contributed by atoms with Crippen LogP contribution in [0.15, 0.2) is 29.1 Å². The van der Waals surface area contributed by atoms with Crippen LogP contribution >= 0.6 is 22.9 Å². The van der Waals surface area contributed by atoms with E-state index in [0.717, 1.165) is 20.8 Å². The number of hydrogen-bond donors (Lipinski definition) is 1. The van der Waals surface area contributed by atoms with Crippen molar-refractivity contribution in [1.82, 2.24) is 9.97 Å². The van der Waals surface area contributed by atoms with E-state index in [1.807, 2.05) is 44.2 Å². The Labute approximate surface area is 130 Å². The highest BCUT2D eigenvalue weighted by molar-refractivity contribution is 7.18. The molecule has 0 saturated heterocycles. The molecule has 5 heteroatoms. The second kappa shape index (κ2) is 5.47. The molecule has 3 nitrogen and oxygen atoms in total. The van der Waals surface area contributed by atoms with Gasteiger partial charge in [-0.2, -0.15) is 0 Å². The summed E-state index contributed by atoms with van der Waals surface area (Å²) in [5, 5.41) is 1.39. The summed E-state index contributed by atoms with van der Waals surface area (Å²) < 4.78 is 0. The lowest BCUT2D eigenvalue weighted by molar-refractivity contribution is 1.15. The molecule has 0 aliphatic rings. The van der Waals surface area contributed by atoms with E-state index < -0.39 is 0 Å². The normalized spacial score (nSPS) is 11.6. The van der Waals surface area contributed by atoms with Crippen LogP contribution in [0.2, 0.25) is 5.02 Å². The molecule has 2 aromatic heterocycles. The summed E-state index contributed by atoms with van der Waals surface area (Å²) in [5.41, 5.74) is 1.93. The summed E-state index contributed by atoms with van der Waals surface area (Å²) in [4.78, 5) is 21.4. The molecule has 2 heterocycles. The van der Waals surface area contributed by atoms with E-state index >= 15 is 0 Å². The molecule has 21 heavy (non-hydrogen) atoms. The Balaban J connectivity index is 2.01. The lowest BCUT2D eigenvalue weighted by Crippen LogP contribution is -2.09. The molecule has 0 bridgehead atoms. The van der Waals surface area contributed by atoms with Crippen LogP contribution in [0, 0.1) is 13.8 Å². The van der Waals surface area contributed by atoms with Gasteiger partial charge in [0.15, 0.2) is 0 Å². The summed E-state index contributed by atoms with van der Waals surface area (Å²) in [6, 6.07) is 7.48. The summed E-state index contributed by atoms with van der Waals surface area (Å²) in [6.07, 6.45) is 3.70. The van der Waals surface area contributed by atoms with E-state index in [9.17, 15) is 4.79 Å². The number of rotatable bonds is 2. The zero-order valence-electron chi connectivity index (χ0n) is 11.6. The lowest BCUT2D eigenvalue weighted by Gasteiger charge is -1.96. The van der Waals surface area contributed by atoms with Gasteiger partial charge in [0.2, 0.25) is 0 Å². The van der Waals surface area contributed by atoms with E-state index in [2.05, 4.69) is 9.97 Å². The van der Waals surface area contributed by atoms with E-state index in [0.29, 0.717) is 16.2 Å². The van der Waals surface area contributed by atoms with Crippen molar-refractivity contribution in [2.45, 2.75) is 13.8 Å². The number of nitrogens with zero attached hydrogens (tertiary/aromatic N) is 1. The summed E-state index contributed by atoms with van der Waals surface area (Å²) in [6.45, 7) is 3.96. The highest BCUT2D eigenvalue weighted by Gasteiger charge is 2.10. The zero-order chi connectivity index (χ0) is 15.0. The van der Waals surface area contributed by atoms with Crippen molar-refractivity contribution in [3.05, 3.63) is 61.5 Å². The van der Waals surface area contributed by atoms with Gasteiger partial charge < -0.3 is 4.98 Å². The first-order chi connectivity index (χ1) is 10.0. The maximum absolute atomic E-state index is 12.1. The largest absolute Gasteiger partial charge is 0.306 e. The average Bonchev–Trinajstić information content (AvgIpc) is 2.74. The number of nitrogens with one attached hydrogen (secondary N) is 1. The third-order valence-electron chi connectivity index (χ3n) is 3.36. The van der Waals surface area contributed by atoms with Crippen molar-refractivity contribution < 1.29 is 0 Å². The van der Waals surface area contributed by atoms with E-state index in [-0.39, 0.29) is 5.56 Å². The van der Waals surface area contributed by atoms with Crippen molar-refractivity contribution in [3.8, 4) is 0 Å². The summed E-state index contributed by atoms with van der Waals surface area (Å²) >= 11 is 7.40. The zero-order valence-corrected chi connectivity index (χ0v) is 13.2. The number of aromatic nitrogens is 2. The monoisotopic (exact) mass is 316 g/mol. The molecule has 1 N–H and O–H groups in total. The van der Waals surface area contributed by atoms with Crippen molar-refractivity contribution in [1.29, 1.82) is 0 Å². The second-order valence-corrected chi connectivity index (χ2v) is 6.44. The van der Waals surface area contributed by atoms with Gasteiger partial charge in [0.25, 0.3) is 5.56 Å². The van der Waals surface area contributed by atoms with Gasteiger partial charge in [-0.1, -0.05) is 29.8 Å². The van der Waals surface area contributed by atoms with Crippen LogP contribution in [0.3, 0.4) is 0 Å². The molecule has 0 amide bonds. The third kappa shape index (κ3) is 2.77. The molecule has 106 valence electrons. The van der Waals surface area contributed by atoms with Gasteiger partial charge in [-0.05, 0) is 43.2 Å². The fourth-order valence-corrected chi connectivity index (χ4v) is 3.26. The van der Waals surface area contributed by atoms with Crippen LogP contribution in [-0.2, 0) is 0 Å². The smallest absolute Gasteiger partial charge is 0.260 e. The molecule has 0 saturated carbocycles. The van der Waals surface area contributed by atoms with Crippen molar-refractivity contribution in [2.24, 2.45) is 0 Å². The molecule has 3 rings (SSSR count). The molecule has 0 spiro atoms. The average molecular weight is 317 g/mol. The summed E-state index contributed by atoms with van der Waals surface area (Å²) in [7, 11) is 0. The first-order valence-electron chi connectivity index (χ1n) is 6.48. The number of thiophene rings is 1. The molecule has 0 radical (unpaired) electrons. The molecule has 3 aromatic rings. The van der Waals surface area contributed by atoms with Crippen molar-refractivity contribution in [3.63, 3.8) is 0 Å². The van der Waals surface area contributed by atoms with Crippen LogP contribution in [0.4, 0.5) is 0 Å². The van der Waals surface area contributed by atoms with Gasteiger partial charge in [-0.15, -0.1) is 11.3 Å².